The lowest BCUT2D eigenvalue weighted by Gasteiger charge is -1.94. The first-order valence-corrected chi connectivity index (χ1v) is 2.60. The van der Waals surface area contributed by atoms with Crippen molar-refractivity contribution in [3.05, 3.63) is 0 Å². The number of nitrogens with two attached hydrogens (primary N) is 1. The molecule has 1 rings (SSSR count). The van der Waals surface area contributed by atoms with Crippen LogP contribution in [0.1, 0.15) is 6.42 Å². The molecule has 0 fully saturated rings. The Hall–Kier alpha value is -1.59. The smallest absolute Gasteiger partial charge is 0.317 e. The van der Waals surface area contributed by atoms with Gasteiger partial charge in [0, 0.05) is 0 Å². The Labute approximate surface area is 56.5 Å². The highest BCUT2D eigenvalue weighted by Crippen LogP contribution is 1.90. The van der Waals surface area contributed by atoms with Gasteiger partial charge in [-0.2, -0.15) is 5.10 Å². The third-order valence-corrected chi connectivity index (χ3v) is 0.911. The fraction of sp³-hybridized carbons (Fsp3) is 0.250. The number of rotatable bonds is 0. The summed E-state index contributed by atoms with van der Waals surface area (Å²) in [6, 6.07) is -0.713. The van der Waals surface area contributed by atoms with E-state index in [-0.39, 0.29) is 18.2 Å². The highest BCUT2D eigenvalue weighted by Gasteiger charge is 2.14. The summed E-state index contributed by atoms with van der Waals surface area (Å²) in [7, 11) is 0. The van der Waals surface area contributed by atoms with E-state index in [0.29, 0.717) is 0 Å². The van der Waals surface area contributed by atoms with Crippen LogP contribution in [0.15, 0.2) is 5.10 Å². The van der Waals surface area contributed by atoms with Crippen LogP contribution in [0.3, 0.4) is 0 Å². The van der Waals surface area contributed by atoms with Gasteiger partial charge in [0.25, 0.3) is 0 Å². The number of carbonyl (C=O) groups excluding carboxylic acids is 2. The minimum atomic E-state index is -0.713. The summed E-state index contributed by atoms with van der Waals surface area (Å²) in [6.45, 7) is 0. The van der Waals surface area contributed by atoms with Crippen LogP contribution in [0.2, 0.25) is 0 Å². The monoisotopic (exact) mass is 142 g/mol. The normalized spacial score (nSPS) is 16.0. The van der Waals surface area contributed by atoms with E-state index < -0.39 is 6.03 Å². The van der Waals surface area contributed by atoms with Gasteiger partial charge < -0.3 is 5.73 Å². The Kier molecular flexibility index (Phi) is 1.53. The number of urea groups is 1. The second-order valence-electron chi connectivity index (χ2n) is 1.76. The largest absolute Gasteiger partial charge is 0.351 e. The van der Waals surface area contributed by atoms with Gasteiger partial charge in [0.05, 0.1) is 6.42 Å². The summed E-state index contributed by atoms with van der Waals surface area (Å²) >= 11 is 0. The summed E-state index contributed by atoms with van der Waals surface area (Å²) in [5.41, 5.74) is 6.90. The zero-order valence-electron chi connectivity index (χ0n) is 5.05. The molecule has 0 aromatic rings. The van der Waals surface area contributed by atoms with Crippen molar-refractivity contribution in [2.75, 3.05) is 0 Å². The van der Waals surface area contributed by atoms with Crippen molar-refractivity contribution in [1.82, 2.24) is 10.7 Å². The lowest BCUT2D eigenvalue weighted by Crippen LogP contribution is -2.34. The molecule has 0 unspecified atom stereocenters. The second-order valence-corrected chi connectivity index (χ2v) is 1.76. The molecule has 3 amide bonds. The molecule has 6 heteroatoms. The van der Waals surface area contributed by atoms with Crippen LogP contribution >= 0.6 is 0 Å². The highest BCUT2D eigenvalue weighted by atomic mass is 16.2. The lowest BCUT2D eigenvalue weighted by atomic mass is 10.4. The number of nitrogens with zero attached hydrogens (tertiary/aromatic N) is 1. The SMILES string of the molecule is NC(=O)NC1=NNC(=O)C1. The topological polar surface area (TPSA) is 96.6 Å². The molecule has 4 N–H and O–H groups in total. The first kappa shape index (κ1) is 6.53. The molecule has 0 saturated heterocycles. The molecule has 1 heterocycles. The number of hydrogen-bond donors (Lipinski definition) is 3. The van der Waals surface area contributed by atoms with E-state index >= 15 is 0 Å². The van der Waals surface area contributed by atoms with Crippen molar-refractivity contribution < 1.29 is 9.59 Å². The Bertz CT molecular complexity index is 209. The average molecular weight is 142 g/mol. The molecule has 6 nitrogen and oxygen atoms in total. The van der Waals surface area contributed by atoms with Crippen molar-refractivity contribution >= 4 is 17.8 Å². The van der Waals surface area contributed by atoms with Crippen LogP contribution in [0, 0.1) is 0 Å². The average Bonchev–Trinajstić information content (AvgIpc) is 2.13. The summed E-state index contributed by atoms with van der Waals surface area (Å²) in [4.78, 5) is 20.6. The number of carbonyl (C=O) groups is 2. The van der Waals surface area contributed by atoms with Crippen LogP contribution in [0.4, 0.5) is 4.79 Å². The van der Waals surface area contributed by atoms with Gasteiger partial charge in [-0.25, -0.2) is 10.2 Å². The van der Waals surface area contributed by atoms with Crippen molar-refractivity contribution in [1.29, 1.82) is 0 Å². The number of hydrogen-bond acceptors (Lipinski definition) is 3. The zero-order chi connectivity index (χ0) is 7.56. The van der Waals surface area contributed by atoms with Crippen LogP contribution < -0.4 is 16.5 Å². The molecular weight excluding hydrogens is 136 g/mol. The van der Waals surface area contributed by atoms with Gasteiger partial charge in [-0.05, 0) is 0 Å². The van der Waals surface area contributed by atoms with Gasteiger partial charge in [0.2, 0.25) is 5.91 Å². The third-order valence-electron chi connectivity index (χ3n) is 0.911. The molecule has 0 radical (unpaired) electrons. The highest BCUT2D eigenvalue weighted by molar-refractivity contribution is 6.09. The van der Waals surface area contributed by atoms with Gasteiger partial charge in [-0.15, -0.1) is 0 Å². The Morgan fingerprint density at radius 3 is 2.90 bits per heavy atom. The maximum Gasteiger partial charge on any atom is 0.317 e. The molecule has 0 aromatic heterocycles. The predicted octanol–water partition coefficient (Wildman–Crippen LogP) is -1.51. The van der Waals surface area contributed by atoms with Crippen molar-refractivity contribution in [3.8, 4) is 0 Å². The molecule has 0 atom stereocenters. The van der Waals surface area contributed by atoms with Gasteiger partial charge in [-0.3, -0.25) is 10.1 Å². The van der Waals surface area contributed by atoms with Gasteiger partial charge in [0.15, 0.2) is 0 Å². The maximum atomic E-state index is 10.4. The predicted molar refractivity (Wildman–Crippen MR) is 32.9 cm³/mol. The Morgan fingerprint density at radius 2 is 2.50 bits per heavy atom. The van der Waals surface area contributed by atoms with Crippen molar-refractivity contribution in [3.63, 3.8) is 0 Å². The fourth-order valence-corrected chi connectivity index (χ4v) is 0.575. The van der Waals surface area contributed by atoms with E-state index in [4.69, 9.17) is 5.73 Å². The number of nitrogens with one attached hydrogen (secondary N) is 2. The summed E-state index contributed by atoms with van der Waals surface area (Å²) < 4.78 is 0. The van der Waals surface area contributed by atoms with E-state index in [2.05, 4.69) is 15.8 Å². The fourth-order valence-electron chi connectivity index (χ4n) is 0.575. The van der Waals surface area contributed by atoms with Crippen LogP contribution in [-0.2, 0) is 4.79 Å². The Morgan fingerprint density at radius 1 is 1.80 bits per heavy atom. The second kappa shape index (κ2) is 2.34. The number of amidine groups is 1. The molecule has 54 valence electrons. The lowest BCUT2D eigenvalue weighted by molar-refractivity contribution is -0.119. The molecule has 10 heavy (non-hydrogen) atoms. The summed E-state index contributed by atoms with van der Waals surface area (Å²) in [6.07, 6.45) is 0.0862. The van der Waals surface area contributed by atoms with E-state index in [1.165, 1.54) is 0 Å². The number of primary amides is 1. The quantitative estimate of drug-likeness (QED) is 0.383. The maximum absolute atomic E-state index is 10.4. The number of hydrazone groups is 1. The minimum absolute atomic E-state index is 0.0862. The molecule has 1 aliphatic rings. The number of amides is 3. The van der Waals surface area contributed by atoms with E-state index in [1.54, 1.807) is 0 Å². The standard InChI is InChI=1S/C4H6N4O2/c5-4(10)6-2-1-3(9)8-7-2/h1H2,(H,8,9)(H3,5,6,7,10). The Balaban J connectivity index is 2.44. The van der Waals surface area contributed by atoms with Gasteiger partial charge in [0.1, 0.15) is 5.84 Å². The van der Waals surface area contributed by atoms with Gasteiger partial charge >= 0.3 is 6.03 Å². The summed E-state index contributed by atoms with van der Waals surface area (Å²) in [5, 5.41) is 5.64. The zero-order valence-corrected chi connectivity index (χ0v) is 5.05. The van der Waals surface area contributed by atoms with Crippen LogP contribution in [0.5, 0.6) is 0 Å². The molecule has 0 aliphatic carbocycles. The molecular formula is C4H6N4O2. The first-order chi connectivity index (χ1) is 4.68. The van der Waals surface area contributed by atoms with Crippen molar-refractivity contribution in [2.24, 2.45) is 10.8 Å². The summed E-state index contributed by atoms with van der Waals surface area (Å²) in [5.74, 6) is 0.0150. The molecule has 0 bridgehead atoms. The third kappa shape index (κ3) is 1.44. The minimum Gasteiger partial charge on any atom is -0.351 e. The molecule has 0 spiro atoms. The van der Waals surface area contributed by atoms with Gasteiger partial charge in [-0.1, -0.05) is 0 Å². The van der Waals surface area contributed by atoms with E-state index in [1.807, 2.05) is 0 Å². The van der Waals surface area contributed by atoms with E-state index in [0.717, 1.165) is 0 Å². The molecule has 0 aromatic carbocycles. The van der Waals surface area contributed by atoms with E-state index in [9.17, 15) is 9.59 Å². The first-order valence-electron chi connectivity index (χ1n) is 2.60. The van der Waals surface area contributed by atoms with Crippen LogP contribution in [-0.4, -0.2) is 17.8 Å². The molecule has 0 saturated carbocycles. The van der Waals surface area contributed by atoms with Crippen molar-refractivity contribution in [2.45, 2.75) is 6.42 Å². The molecule has 1 aliphatic heterocycles. The van der Waals surface area contributed by atoms with Crippen LogP contribution in [0.25, 0.3) is 0 Å².